The quantitative estimate of drug-likeness (QED) is 0.299. The smallest absolute Gasteiger partial charge is 0.295 e. The minimum Gasteiger partial charge on any atom is -0.507 e. The molecule has 2 aliphatic heterocycles. The highest BCUT2D eigenvalue weighted by molar-refractivity contribution is 6.46. The van der Waals surface area contributed by atoms with Gasteiger partial charge in [-0.25, -0.2) is 4.39 Å². The van der Waals surface area contributed by atoms with Gasteiger partial charge in [0.25, 0.3) is 11.7 Å². The number of phenolic OH excluding ortho intramolecular Hbond substituents is 1. The monoisotopic (exact) mass is 493 g/mol. The second-order valence-electron chi connectivity index (χ2n) is 8.72. The van der Waals surface area contributed by atoms with E-state index in [0.29, 0.717) is 28.9 Å². The first-order chi connectivity index (χ1) is 16.7. The fourth-order valence-electron chi connectivity index (χ4n) is 4.59. The summed E-state index contributed by atoms with van der Waals surface area (Å²) in [4.78, 5) is 27.7. The molecule has 35 heavy (non-hydrogen) atoms. The molecule has 0 aliphatic carbocycles. The number of Topliss-reactive ketones (excluding diaryl/α,β-unsaturated/α-hetero) is 1. The van der Waals surface area contributed by atoms with Crippen LogP contribution in [0.15, 0.2) is 66.2 Å². The van der Waals surface area contributed by atoms with E-state index in [2.05, 4.69) is 0 Å². The van der Waals surface area contributed by atoms with Crippen LogP contribution in [0.4, 0.5) is 4.39 Å². The zero-order chi connectivity index (χ0) is 24.9. The molecule has 6 nitrogen and oxygen atoms in total. The Morgan fingerprint density at radius 2 is 1.86 bits per heavy atom. The van der Waals surface area contributed by atoms with Crippen molar-refractivity contribution in [1.82, 2.24) is 4.90 Å². The molecule has 5 rings (SSSR count). The Hall–Kier alpha value is -3.84. The first kappa shape index (κ1) is 22.9. The molecule has 2 N–H and O–H groups in total. The van der Waals surface area contributed by atoms with Crippen molar-refractivity contribution in [3.8, 4) is 11.5 Å². The van der Waals surface area contributed by atoms with Crippen LogP contribution >= 0.6 is 11.6 Å². The number of likely N-dealkylation sites (tertiary alicyclic amines) is 1. The van der Waals surface area contributed by atoms with Crippen molar-refractivity contribution >= 4 is 29.1 Å². The lowest BCUT2D eigenvalue weighted by atomic mass is 9.94. The number of halogens is 2. The molecule has 178 valence electrons. The van der Waals surface area contributed by atoms with Crippen molar-refractivity contribution in [2.45, 2.75) is 32.0 Å². The molecule has 2 atom stereocenters. The molecule has 1 fully saturated rings. The second-order valence-corrected chi connectivity index (χ2v) is 9.13. The standard InChI is InChI=1S/C27H21ClFNO5/c1-14-10-18-11-17(5-9-22(18)35-14)25(32)23-24(16-4-8-21(31)20(28)12-16)30(27(34)26(23)33)13-15-2-6-19(29)7-3-15/h2-9,11-12,14,24,31-32H,10,13H2,1H3/b25-23-. The first-order valence-electron chi connectivity index (χ1n) is 11.0. The highest BCUT2D eigenvalue weighted by atomic mass is 35.5. The summed E-state index contributed by atoms with van der Waals surface area (Å²) < 4.78 is 19.1. The summed E-state index contributed by atoms with van der Waals surface area (Å²) in [6.45, 7) is 1.94. The molecule has 1 saturated heterocycles. The lowest BCUT2D eigenvalue weighted by Gasteiger charge is -2.25. The maximum absolute atomic E-state index is 13.4. The molecule has 0 spiro atoms. The van der Waals surface area contributed by atoms with E-state index in [9.17, 15) is 24.2 Å². The van der Waals surface area contributed by atoms with Gasteiger partial charge in [-0.3, -0.25) is 9.59 Å². The van der Waals surface area contributed by atoms with E-state index in [1.807, 2.05) is 6.92 Å². The zero-order valence-electron chi connectivity index (χ0n) is 18.7. The second kappa shape index (κ2) is 8.74. The van der Waals surface area contributed by atoms with Gasteiger partial charge in [0, 0.05) is 18.5 Å². The van der Waals surface area contributed by atoms with E-state index < -0.39 is 23.5 Å². The van der Waals surface area contributed by atoms with Crippen LogP contribution in [0.3, 0.4) is 0 Å². The van der Waals surface area contributed by atoms with Gasteiger partial charge in [-0.1, -0.05) is 29.8 Å². The number of carbonyl (C=O) groups is 2. The fourth-order valence-corrected chi connectivity index (χ4v) is 4.78. The number of aliphatic hydroxyl groups excluding tert-OH is 1. The Morgan fingerprint density at radius 3 is 2.57 bits per heavy atom. The largest absolute Gasteiger partial charge is 0.507 e. The Balaban J connectivity index is 1.64. The van der Waals surface area contributed by atoms with Gasteiger partial charge < -0.3 is 19.8 Å². The minimum absolute atomic E-state index is 0.000335. The van der Waals surface area contributed by atoms with Crippen molar-refractivity contribution in [1.29, 1.82) is 0 Å². The average Bonchev–Trinajstić information content (AvgIpc) is 3.33. The van der Waals surface area contributed by atoms with E-state index in [4.69, 9.17) is 16.3 Å². The van der Waals surface area contributed by atoms with Gasteiger partial charge in [-0.15, -0.1) is 0 Å². The van der Waals surface area contributed by atoms with Crippen LogP contribution in [-0.4, -0.2) is 32.9 Å². The number of aromatic hydroxyl groups is 1. The predicted molar refractivity (Wildman–Crippen MR) is 128 cm³/mol. The van der Waals surface area contributed by atoms with Gasteiger partial charge in [-0.2, -0.15) is 0 Å². The summed E-state index contributed by atoms with van der Waals surface area (Å²) >= 11 is 6.14. The number of fused-ring (bicyclic) bond motifs is 1. The van der Waals surface area contributed by atoms with E-state index >= 15 is 0 Å². The summed E-state index contributed by atoms with van der Waals surface area (Å²) in [7, 11) is 0. The first-order valence-corrected chi connectivity index (χ1v) is 11.4. The topological polar surface area (TPSA) is 87.1 Å². The summed E-state index contributed by atoms with van der Waals surface area (Å²) in [6.07, 6.45) is 0.662. The average molecular weight is 494 g/mol. The Kier molecular flexibility index (Phi) is 5.73. The van der Waals surface area contributed by atoms with E-state index in [-0.39, 0.29) is 34.8 Å². The van der Waals surface area contributed by atoms with Crippen molar-refractivity contribution in [2.75, 3.05) is 0 Å². The molecule has 2 heterocycles. The molecule has 0 saturated carbocycles. The van der Waals surface area contributed by atoms with Gasteiger partial charge in [-0.05, 0) is 66.1 Å². The number of carbonyl (C=O) groups excluding carboxylic acids is 2. The van der Waals surface area contributed by atoms with Crippen molar-refractivity contribution < 1.29 is 28.9 Å². The number of phenols is 1. The number of rotatable bonds is 4. The molecular formula is C27H21ClFNO5. The number of ketones is 1. The van der Waals surface area contributed by atoms with Crippen molar-refractivity contribution in [2.24, 2.45) is 0 Å². The molecule has 0 bridgehead atoms. The number of ether oxygens (including phenoxy) is 1. The van der Waals surface area contributed by atoms with Gasteiger partial charge in [0.05, 0.1) is 16.6 Å². The van der Waals surface area contributed by atoms with Crippen LogP contribution in [0.2, 0.25) is 5.02 Å². The third kappa shape index (κ3) is 4.12. The normalized spacial score (nSPS) is 20.7. The molecule has 0 aromatic heterocycles. The number of benzene rings is 3. The Labute approximate surface area is 205 Å². The Morgan fingerprint density at radius 1 is 1.11 bits per heavy atom. The van der Waals surface area contributed by atoms with E-state index in [1.165, 1.54) is 41.3 Å². The summed E-state index contributed by atoms with van der Waals surface area (Å²) in [5.74, 6) is -1.83. The molecule has 8 heteroatoms. The minimum atomic E-state index is -0.971. The van der Waals surface area contributed by atoms with Crippen LogP contribution in [-0.2, 0) is 22.6 Å². The SMILES string of the molecule is CC1Cc2cc(/C(O)=C3/C(=O)C(=O)N(Cc4ccc(F)cc4)C3c3ccc(O)c(Cl)c3)ccc2O1. The number of amides is 1. The third-order valence-electron chi connectivity index (χ3n) is 6.26. The number of hydrogen-bond acceptors (Lipinski definition) is 5. The molecule has 1 amide bonds. The Bertz CT molecular complexity index is 1380. The third-order valence-corrected chi connectivity index (χ3v) is 6.57. The molecule has 2 aliphatic rings. The maximum atomic E-state index is 13.4. The van der Waals surface area contributed by atoms with Gasteiger partial charge in [0.15, 0.2) is 0 Å². The summed E-state index contributed by atoms with van der Waals surface area (Å²) in [5.41, 5.74) is 2.23. The van der Waals surface area contributed by atoms with Crippen LogP contribution in [0.5, 0.6) is 11.5 Å². The molecule has 3 aromatic rings. The summed E-state index contributed by atoms with van der Waals surface area (Å²) in [6, 6.07) is 14.1. The molecule has 0 radical (unpaired) electrons. The van der Waals surface area contributed by atoms with E-state index in [1.54, 1.807) is 24.3 Å². The van der Waals surface area contributed by atoms with Crippen molar-refractivity contribution in [3.63, 3.8) is 0 Å². The van der Waals surface area contributed by atoms with Gasteiger partial charge in [0.1, 0.15) is 29.2 Å². The number of hydrogen-bond donors (Lipinski definition) is 2. The van der Waals surface area contributed by atoms with Gasteiger partial charge in [0.2, 0.25) is 0 Å². The zero-order valence-corrected chi connectivity index (χ0v) is 19.4. The summed E-state index contributed by atoms with van der Waals surface area (Å²) in [5, 5.41) is 21.2. The van der Waals surface area contributed by atoms with E-state index in [0.717, 1.165) is 5.56 Å². The van der Waals surface area contributed by atoms with Crippen LogP contribution < -0.4 is 4.74 Å². The predicted octanol–water partition coefficient (Wildman–Crippen LogP) is 5.13. The van der Waals surface area contributed by atoms with Crippen LogP contribution in [0.25, 0.3) is 5.76 Å². The molecular weight excluding hydrogens is 473 g/mol. The lowest BCUT2D eigenvalue weighted by molar-refractivity contribution is -0.140. The molecule has 3 aromatic carbocycles. The van der Waals surface area contributed by atoms with Crippen molar-refractivity contribution in [3.05, 3.63) is 99.3 Å². The molecule has 2 unspecified atom stereocenters. The number of aliphatic hydroxyl groups is 1. The highest BCUT2D eigenvalue weighted by Gasteiger charge is 2.46. The lowest BCUT2D eigenvalue weighted by Crippen LogP contribution is -2.29. The van der Waals surface area contributed by atoms with Crippen LogP contribution in [0.1, 0.15) is 35.2 Å². The number of nitrogens with zero attached hydrogens (tertiary/aromatic N) is 1. The maximum Gasteiger partial charge on any atom is 0.295 e. The van der Waals surface area contributed by atoms with Crippen LogP contribution in [0, 0.1) is 5.82 Å². The van der Waals surface area contributed by atoms with Gasteiger partial charge >= 0.3 is 0 Å². The fraction of sp³-hybridized carbons (Fsp3) is 0.185. The highest BCUT2D eigenvalue weighted by Crippen LogP contribution is 2.42.